The van der Waals surface area contributed by atoms with Gasteiger partial charge in [-0.2, -0.15) is 0 Å². The van der Waals surface area contributed by atoms with Crippen LogP contribution in [0.3, 0.4) is 0 Å². The molecule has 2 unspecified atom stereocenters. The molecule has 3 N–H and O–H groups in total. The first kappa shape index (κ1) is 30.9. The van der Waals surface area contributed by atoms with E-state index < -0.39 is 5.97 Å². The third kappa shape index (κ3) is 14.6. The lowest BCUT2D eigenvalue weighted by Gasteiger charge is -2.12. The van der Waals surface area contributed by atoms with E-state index in [0.29, 0.717) is 12.0 Å². The van der Waals surface area contributed by atoms with Crippen molar-refractivity contribution in [2.24, 2.45) is 0 Å². The third-order valence-electron chi connectivity index (χ3n) is 4.91. The Balaban J connectivity index is 0.000000534. The molecule has 0 fully saturated rings. The van der Waals surface area contributed by atoms with E-state index in [1.54, 1.807) is 19.9 Å². The number of carboxylic acids is 1. The zero-order valence-corrected chi connectivity index (χ0v) is 21.6. The lowest BCUT2D eigenvalue weighted by molar-refractivity contribution is 0.0695. The fourth-order valence-corrected chi connectivity index (χ4v) is 3.46. The average molecular weight is 477 g/mol. The van der Waals surface area contributed by atoms with Crippen LogP contribution < -0.4 is 5.30 Å². The monoisotopic (exact) mass is 476 g/mol. The molecule has 0 radical (unpaired) electrons. The highest BCUT2D eigenvalue weighted by atomic mass is 31.1. The van der Waals surface area contributed by atoms with Gasteiger partial charge in [0.1, 0.15) is 0 Å². The van der Waals surface area contributed by atoms with Gasteiger partial charge in [0.2, 0.25) is 0 Å². The van der Waals surface area contributed by atoms with E-state index in [9.17, 15) is 14.5 Å². The number of carbonyl (C=O) groups is 1. The predicted octanol–water partition coefficient (Wildman–Crippen LogP) is 6.12. The van der Waals surface area contributed by atoms with E-state index in [1.165, 1.54) is 11.1 Å². The molecular formula is C27H41O5P. The standard InChI is InChI=1S/C15H22O2.C7H7OP.C5H12O2/c1-3-5-8-12-9-7-11-14(15(16)17)13(12)10-6-4-2;1-6-2-4-7(9-8)5-3-6;1-4(6)3-5(2)7/h7,9,11H,3-6,8,10H2,1-2H3,(H,16,17);2-5H,1H3;4-7H,3H2,1-2H3. The number of rotatable bonds is 10. The average Bonchev–Trinajstić information content (AvgIpc) is 2.76. The van der Waals surface area contributed by atoms with Gasteiger partial charge in [0, 0.05) is 5.30 Å². The van der Waals surface area contributed by atoms with E-state index >= 15 is 0 Å². The van der Waals surface area contributed by atoms with Crippen LogP contribution in [0.1, 0.15) is 86.8 Å². The van der Waals surface area contributed by atoms with Gasteiger partial charge in [0.25, 0.3) is 0 Å². The quantitative estimate of drug-likeness (QED) is 0.359. The predicted molar refractivity (Wildman–Crippen MR) is 137 cm³/mol. The number of benzene rings is 2. The fraction of sp³-hybridized carbons (Fsp3) is 0.519. The maximum absolute atomic E-state index is 11.2. The van der Waals surface area contributed by atoms with Crippen molar-refractivity contribution in [2.45, 2.75) is 91.8 Å². The first-order valence-electron chi connectivity index (χ1n) is 11.8. The minimum absolute atomic E-state index is 0.102. The number of unbranched alkanes of at least 4 members (excludes halogenated alkanes) is 2. The zero-order chi connectivity index (χ0) is 25.2. The molecule has 0 aliphatic heterocycles. The van der Waals surface area contributed by atoms with Gasteiger partial charge in [-0.3, -0.25) is 4.57 Å². The molecule has 0 heterocycles. The van der Waals surface area contributed by atoms with Crippen LogP contribution in [0.5, 0.6) is 0 Å². The third-order valence-corrected chi connectivity index (χ3v) is 5.41. The summed E-state index contributed by atoms with van der Waals surface area (Å²) < 4.78 is 10.2. The second-order valence-electron chi connectivity index (χ2n) is 8.32. The summed E-state index contributed by atoms with van der Waals surface area (Å²) >= 11 is 0. The summed E-state index contributed by atoms with van der Waals surface area (Å²) in [5.74, 6) is -0.797. The molecule has 0 amide bonds. The van der Waals surface area contributed by atoms with Crippen molar-refractivity contribution in [1.82, 2.24) is 0 Å². The van der Waals surface area contributed by atoms with Gasteiger partial charge in [0.15, 0.2) is 8.46 Å². The Kier molecular flexibility index (Phi) is 17.2. The fourth-order valence-electron chi connectivity index (χ4n) is 3.18. The molecule has 6 heteroatoms. The van der Waals surface area contributed by atoms with Crippen LogP contribution in [-0.4, -0.2) is 33.5 Å². The normalized spacial score (nSPS) is 12.1. The maximum Gasteiger partial charge on any atom is 0.335 e. The highest BCUT2D eigenvalue weighted by Gasteiger charge is 2.12. The van der Waals surface area contributed by atoms with E-state index in [2.05, 4.69) is 19.9 Å². The molecule has 0 aliphatic carbocycles. The Labute approximate surface area is 201 Å². The van der Waals surface area contributed by atoms with Crippen LogP contribution in [0.15, 0.2) is 42.5 Å². The molecular weight excluding hydrogens is 435 g/mol. The molecule has 0 saturated carbocycles. The number of carboxylic acid groups (broad SMARTS) is 1. The summed E-state index contributed by atoms with van der Waals surface area (Å²) in [6.45, 7) is 9.62. The number of aryl methyl sites for hydroxylation is 2. The van der Waals surface area contributed by atoms with Crippen molar-refractivity contribution >= 4 is 19.7 Å². The van der Waals surface area contributed by atoms with Crippen LogP contribution in [-0.2, 0) is 17.4 Å². The number of aromatic carboxylic acids is 1. The molecule has 33 heavy (non-hydrogen) atoms. The van der Waals surface area contributed by atoms with E-state index in [4.69, 9.17) is 10.2 Å². The zero-order valence-electron chi connectivity index (χ0n) is 20.8. The topological polar surface area (TPSA) is 94.8 Å². The lowest BCUT2D eigenvalue weighted by Crippen LogP contribution is -2.10. The van der Waals surface area contributed by atoms with Crippen LogP contribution in [0, 0.1) is 6.92 Å². The Morgan fingerprint density at radius 1 is 0.909 bits per heavy atom. The summed E-state index contributed by atoms with van der Waals surface area (Å²) in [5.41, 5.74) is 3.96. The Hall–Kier alpha value is -2.07. The molecule has 2 aromatic rings. The molecule has 2 rings (SSSR count). The summed E-state index contributed by atoms with van der Waals surface area (Å²) in [4.78, 5) is 11.2. The van der Waals surface area contributed by atoms with Crippen LogP contribution in [0.4, 0.5) is 0 Å². The lowest BCUT2D eigenvalue weighted by atomic mass is 9.93. The second-order valence-corrected chi connectivity index (χ2v) is 9.02. The van der Waals surface area contributed by atoms with Gasteiger partial charge < -0.3 is 15.3 Å². The van der Waals surface area contributed by atoms with Gasteiger partial charge in [0.05, 0.1) is 17.8 Å². The molecule has 2 atom stereocenters. The van der Waals surface area contributed by atoms with Crippen molar-refractivity contribution in [2.75, 3.05) is 0 Å². The van der Waals surface area contributed by atoms with Crippen LogP contribution >= 0.6 is 8.46 Å². The number of hydrogen-bond acceptors (Lipinski definition) is 4. The second kappa shape index (κ2) is 18.4. The molecule has 0 saturated heterocycles. The van der Waals surface area contributed by atoms with E-state index in [1.807, 2.05) is 37.3 Å². The Morgan fingerprint density at radius 3 is 1.88 bits per heavy atom. The van der Waals surface area contributed by atoms with Gasteiger partial charge in [-0.05, 0) is 82.2 Å². The largest absolute Gasteiger partial charge is 0.478 e. The molecule has 0 aliphatic rings. The first-order valence-corrected chi connectivity index (χ1v) is 12.6. The van der Waals surface area contributed by atoms with Crippen molar-refractivity contribution in [3.05, 3.63) is 64.7 Å². The maximum atomic E-state index is 11.2. The highest BCUT2D eigenvalue weighted by Crippen LogP contribution is 2.20. The molecule has 0 bridgehead atoms. The van der Waals surface area contributed by atoms with Crippen molar-refractivity contribution in [1.29, 1.82) is 0 Å². The molecule has 2 aromatic carbocycles. The number of aliphatic hydroxyl groups excluding tert-OH is 2. The summed E-state index contributed by atoms with van der Waals surface area (Å²) in [7, 11) is 0.102. The summed E-state index contributed by atoms with van der Waals surface area (Å²) in [5, 5.41) is 27.2. The molecule has 0 spiro atoms. The van der Waals surface area contributed by atoms with Gasteiger partial charge >= 0.3 is 5.97 Å². The smallest absolute Gasteiger partial charge is 0.335 e. The molecule has 0 aromatic heterocycles. The van der Waals surface area contributed by atoms with Crippen molar-refractivity contribution in [3.63, 3.8) is 0 Å². The molecule has 184 valence electrons. The minimum Gasteiger partial charge on any atom is -0.478 e. The van der Waals surface area contributed by atoms with Gasteiger partial charge in [-0.15, -0.1) is 0 Å². The van der Waals surface area contributed by atoms with Crippen LogP contribution in [0.25, 0.3) is 0 Å². The van der Waals surface area contributed by atoms with Crippen molar-refractivity contribution in [3.8, 4) is 0 Å². The SMILES string of the molecule is CC(O)CC(C)O.CCCCc1cccc(C(=O)O)c1CCCC.Cc1ccc(P=O)cc1. The molecule has 5 nitrogen and oxygen atoms in total. The number of hydrogen-bond donors (Lipinski definition) is 3. The van der Waals surface area contributed by atoms with Crippen molar-refractivity contribution < 1.29 is 24.7 Å². The highest BCUT2D eigenvalue weighted by molar-refractivity contribution is 7.34. The van der Waals surface area contributed by atoms with Gasteiger partial charge in [-0.25, -0.2) is 4.79 Å². The van der Waals surface area contributed by atoms with E-state index in [-0.39, 0.29) is 20.7 Å². The summed E-state index contributed by atoms with van der Waals surface area (Å²) in [6.07, 6.45) is 6.03. The van der Waals surface area contributed by atoms with Crippen LogP contribution in [0.2, 0.25) is 0 Å². The number of aliphatic hydroxyl groups is 2. The van der Waals surface area contributed by atoms with E-state index in [0.717, 1.165) is 49.4 Å². The van der Waals surface area contributed by atoms with Gasteiger partial charge in [-0.1, -0.05) is 56.5 Å². The summed E-state index contributed by atoms with van der Waals surface area (Å²) in [6, 6.07) is 13.3. The minimum atomic E-state index is -0.797. The first-order chi connectivity index (χ1) is 15.7. The Morgan fingerprint density at radius 2 is 1.45 bits per heavy atom. The Bertz CT molecular complexity index is 795.